The zero-order valence-corrected chi connectivity index (χ0v) is 12.5. The van der Waals surface area contributed by atoms with Crippen LogP contribution in [0.1, 0.15) is 5.56 Å². The number of nitrogens with one attached hydrogen (secondary N) is 1. The van der Waals surface area contributed by atoms with E-state index in [1.807, 2.05) is 42.5 Å². The molecule has 2 rings (SSSR count). The number of anilines is 2. The first-order valence-corrected chi connectivity index (χ1v) is 6.79. The molecule has 0 aliphatic rings. The van der Waals surface area contributed by atoms with Crippen LogP contribution in [0.5, 0.6) is 0 Å². The first-order valence-electron chi connectivity index (χ1n) is 4.92. The topological polar surface area (TPSA) is 35.8 Å². The van der Waals surface area contributed by atoms with Gasteiger partial charge in [0.15, 0.2) is 0 Å². The zero-order chi connectivity index (χ0) is 12.3. The average molecular weight is 399 g/mol. The van der Waals surface area contributed by atoms with E-state index in [1.54, 1.807) is 0 Å². The lowest BCUT2D eigenvalue weighted by Gasteiger charge is -2.10. The largest absolute Gasteiger partial charge is 0.354 e. The van der Waals surface area contributed by atoms with E-state index < -0.39 is 0 Å². The van der Waals surface area contributed by atoms with Crippen LogP contribution in [0.2, 0.25) is 0 Å². The van der Waals surface area contributed by atoms with Crippen LogP contribution in [-0.4, -0.2) is 0 Å². The number of para-hydroxylation sites is 1. The minimum absolute atomic E-state index is 0.618. The molecule has 2 aromatic carbocycles. The number of hydrogen-bond acceptors (Lipinski definition) is 2. The molecule has 0 spiro atoms. The Hall–Kier alpha value is -1.06. The smallest absolute Gasteiger partial charge is 0.103 e. The maximum Gasteiger partial charge on any atom is 0.103 e. The molecule has 84 valence electrons. The lowest BCUT2D eigenvalue weighted by molar-refractivity contribution is 1.44. The molecule has 0 atom stereocenters. The Bertz CT molecular complexity index is 590. The van der Waals surface area contributed by atoms with E-state index in [1.165, 1.54) is 0 Å². The molecule has 0 amide bonds. The monoisotopic (exact) mass is 398 g/mol. The van der Waals surface area contributed by atoms with Crippen molar-refractivity contribution in [3.05, 3.63) is 56.1 Å². The van der Waals surface area contributed by atoms with E-state index in [0.29, 0.717) is 5.56 Å². The van der Waals surface area contributed by atoms with E-state index >= 15 is 0 Å². The number of hydrogen-bond donors (Lipinski definition) is 1. The van der Waals surface area contributed by atoms with E-state index in [9.17, 15) is 0 Å². The molecule has 0 bridgehead atoms. The Labute approximate surface area is 122 Å². The summed E-state index contributed by atoms with van der Waals surface area (Å²) in [5.74, 6) is 0. The van der Waals surface area contributed by atoms with Crippen molar-refractivity contribution in [2.24, 2.45) is 0 Å². The highest BCUT2D eigenvalue weighted by Crippen LogP contribution is 2.28. The van der Waals surface area contributed by atoms with Crippen molar-refractivity contribution in [1.29, 1.82) is 5.26 Å². The molecule has 1 N–H and O–H groups in total. The molecule has 0 aliphatic heterocycles. The van der Waals surface area contributed by atoms with Crippen LogP contribution < -0.4 is 5.32 Å². The van der Waals surface area contributed by atoms with Crippen molar-refractivity contribution >= 4 is 49.9 Å². The van der Waals surface area contributed by atoms with Crippen LogP contribution in [0.15, 0.2) is 46.9 Å². The highest BCUT2D eigenvalue weighted by molar-refractivity contribution is 14.1. The summed E-state index contributed by atoms with van der Waals surface area (Å²) in [5, 5.41) is 12.4. The summed E-state index contributed by atoms with van der Waals surface area (Å²) in [4.78, 5) is 0. The van der Waals surface area contributed by atoms with Crippen molar-refractivity contribution in [1.82, 2.24) is 0 Å². The van der Waals surface area contributed by atoms with Crippen LogP contribution in [0.3, 0.4) is 0 Å². The Morgan fingerprint density at radius 2 is 1.76 bits per heavy atom. The van der Waals surface area contributed by atoms with Gasteiger partial charge >= 0.3 is 0 Å². The minimum atomic E-state index is 0.618. The van der Waals surface area contributed by atoms with Gasteiger partial charge in [0.2, 0.25) is 0 Å². The van der Waals surface area contributed by atoms with Crippen molar-refractivity contribution in [3.8, 4) is 6.07 Å². The molecule has 0 saturated carbocycles. The molecule has 4 heteroatoms. The maximum atomic E-state index is 9.12. The highest BCUT2D eigenvalue weighted by Gasteiger charge is 2.07. The third kappa shape index (κ3) is 2.79. The van der Waals surface area contributed by atoms with E-state index in [2.05, 4.69) is 49.9 Å². The highest BCUT2D eigenvalue weighted by atomic mass is 127. The standard InChI is InChI=1S/C13H8BrIN2/c14-10-4-3-7-12(9(10)8-16)17-13-6-2-1-5-11(13)15/h1-7,17H. The lowest BCUT2D eigenvalue weighted by atomic mass is 10.2. The Morgan fingerprint density at radius 3 is 2.47 bits per heavy atom. The number of nitriles is 1. The van der Waals surface area contributed by atoms with Gasteiger partial charge in [0.05, 0.1) is 16.9 Å². The van der Waals surface area contributed by atoms with Gasteiger partial charge in [-0.15, -0.1) is 0 Å². The fraction of sp³-hybridized carbons (Fsp3) is 0. The quantitative estimate of drug-likeness (QED) is 0.746. The summed E-state index contributed by atoms with van der Waals surface area (Å²) < 4.78 is 1.92. The average Bonchev–Trinajstić information content (AvgIpc) is 2.32. The van der Waals surface area contributed by atoms with Crippen molar-refractivity contribution in [2.75, 3.05) is 5.32 Å². The predicted molar refractivity (Wildman–Crippen MR) is 81.3 cm³/mol. The molecule has 0 aromatic heterocycles. The molecule has 2 nitrogen and oxygen atoms in total. The van der Waals surface area contributed by atoms with Crippen LogP contribution in [0.25, 0.3) is 0 Å². The maximum absolute atomic E-state index is 9.12. The van der Waals surface area contributed by atoms with Gasteiger partial charge < -0.3 is 5.32 Å². The predicted octanol–water partition coefficient (Wildman–Crippen LogP) is 4.67. The van der Waals surface area contributed by atoms with Crippen molar-refractivity contribution in [2.45, 2.75) is 0 Å². The first-order chi connectivity index (χ1) is 8.22. The van der Waals surface area contributed by atoms with E-state index in [-0.39, 0.29) is 0 Å². The van der Waals surface area contributed by atoms with E-state index in [4.69, 9.17) is 5.26 Å². The second-order valence-corrected chi connectivity index (χ2v) is 5.40. The molecule has 0 radical (unpaired) electrons. The van der Waals surface area contributed by atoms with Crippen LogP contribution in [0, 0.1) is 14.9 Å². The summed E-state index contributed by atoms with van der Waals surface area (Å²) in [6.45, 7) is 0. The van der Waals surface area contributed by atoms with Gasteiger partial charge in [0.25, 0.3) is 0 Å². The number of nitrogens with zero attached hydrogens (tertiary/aromatic N) is 1. The fourth-order valence-electron chi connectivity index (χ4n) is 1.45. The van der Waals surface area contributed by atoms with Crippen LogP contribution >= 0.6 is 38.5 Å². The summed E-state index contributed by atoms with van der Waals surface area (Å²) in [7, 11) is 0. The van der Waals surface area contributed by atoms with Crippen LogP contribution in [0.4, 0.5) is 11.4 Å². The van der Waals surface area contributed by atoms with Crippen molar-refractivity contribution in [3.63, 3.8) is 0 Å². The van der Waals surface area contributed by atoms with Gasteiger partial charge in [-0.1, -0.05) is 18.2 Å². The number of halogens is 2. The van der Waals surface area contributed by atoms with Gasteiger partial charge in [0.1, 0.15) is 6.07 Å². The second kappa shape index (κ2) is 5.52. The summed E-state index contributed by atoms with van der Waals surface area (Å²) in [6, 6.07) is 15.8. The Kier molecular flexibility index (Phi) is 4.02. The molecule has 0 saturated heterocycles. The first kappa shape index (κ1) is 12.4. The number of benzene rings is 2. The van der Waals surface area contributed by atoms with Crippen LogP contribution in [-0.2, 0) is 0 Å². The molecule has 0 fully saturated rings. The molecule has 2 aromatic rings. The van der Waals surface area contributed by atoms with Gasteiger partial charge in [-0.05, 0) is 62.8 Å². The summed E-state index contributed by atoms with van der Waals surface area (Å²) in [6.07, 6.45) is 0. The lowest BCUT2D eigenvalue weighted by Crippen LogP contribution is -1.95. The third-order valence-corrected chi connectivity index (χ3v) is 3.87. The van der Waals surface area contributed by atoms with Gasteiger partial charge in [-0.3, -0.25) is 0 Å². The van der Waals surface area contributed by atoms with E-state index in [0.717, 1.165) is 19.4 Å². The van der Waals surface area contributed by atoms with Crippen molar-refractivity contribution < 1.29 is 0 Å². The second-order valence-electron chi connectivity index (χ2n) is 3.38. The third-order valence-electron chi connectivity index (χ3n) is 2.27. The minimum Gasteiger partial charge on any atom is -0.354 e. The Balaban J connectivity index is 2.41. The summed E-state index contributed by atoms with van der Waals surface area (Å²) >= 11 is 5.64. The SMILES string of the molecule is N#Cc1c(Br)cccc1Nc1ccccc1I. The fourth-order valence-corrected chi connectivity index (χ4v) is 2.43. The zero-order valence-electron chi connectivity index (χ0n) is 8.74. The molecular formula is C13H8BrIN2. The molecule has 0 unspecified atom stereocenters. The van der Waals surface area contributed by atoms with Gasteiger partial charge in [-0.25, -0.2) is 0 Å². The molecular weight excluding hydrogens is 391 g/mol. The van der Waals surface area contributed by atoms with Gasteiger partial charge in [-0.2, -0.15) is 5.26 Å². The normalized spacial score (nSPS) is 9.71. The molecule has 17 heavy (non-hydrogen) atoms. The van der Waals surface area contributed by atoms with Gasteiger partial charge in [0, 0.05) is 8.04 Å². The Morgan fingerprint density at radius 1 is 1.06 bits per heavy atom. The summed E-state index contributed by atoms with van der Waals surface area (Å²) in [5.41, 5.74) is 2.43. The number of rotatable bonds is 2. The molecule has 0 aliphatic carbocycles. The molecule has 0 heterocycles.